The first-order chi connectivity index (χ1) is 4.59. The molecule has 0 N–H and O–H groups in total. The molecule has 0 saturated carbocycles. The second-order valence-electron chi connectivity index (χ2n) is 1.15. The van der Waals surface area contributed by atoms with Gasteiger partial charge in [0.15, 0.2) is 0 Å². The number of methoxy groups -OCH3 is 1. The number of halogens is 3. The molecule has 0 spiro atoms. The molecule has 0 amide bonds. The van der Waals surface area contributed by atoms with Gasteiger partial charge in [-0.25, -0.2) is 0 Å². The van der Waals surface area contributed by atoms with Crippen molar-refractivity contribution in [2.45, 2.75) is 6.92 Å². The first-order valence-corrected chi connectivity index (χ1v) is 2.41. The van der Waals surface area contributed by atoms with E-state index in [-0.39, 0.29) is 0 Å². The molecule has 60 valence electrons. The van der Waals surface area contributed by atoms with Crippen molar-refractivity contribution in [3.63, 3.8) is 0 Å². The van der Waals surface area contributed by atoms with E-state index >= 15 is 0 Å². The van der Waals surface area contributed by atoms with Crippen molar-refractivity contribution in [3.8, 4) is 0 Å². The summed E-state index contributed by atoms with van der Waals surface area (Å²) < 4.78 is 36.3. The van der Waals surface area contributed by atoms with Crippen LogP contribution >= 0.6 is 0 Å². The Morgan fingerprint density at radius 3 is 1.70 bits per heavy atom. The Morgan fingerprint density at radius 2 is 1.70 bits per heavy atom. The van der Waals surface area contributed by atoms with Gasteiger partial charge in [-0.2, -0.15) is 13.2 Å². The lowest BCUT2D eigenvalue weighted by molar-refractivity contribution is 0.166. The third kappa shape index (κ3) is 10.1. The maximum atomic E-state index is 11.2. The summed E-state index contributed by atoms with van der Waals surface area (Å²) in [4.78, 5) is 0. The van der Waals surface area contributed by atoms with Crippen molar-refractivity contribution in [2.24, 2.45) is 0 Å². The summed E-state index contributed by atoms with van der Waals surface area (Å²) in [6, 6.07) is -1.82. The zero-order valence-corrected chi connectivity index (χ0v) is 5.83. The lowest BCUT2D eigenvalue weighted by atomic mass is 10.8. The van der Waals surface area contributed by atoms with E-state index in [2.05, 4.69) is 11.3 Å². The highest BCUT2D eigenvalue weighted by atomic mass is 19.3. The molecule has 1 nitrogen and oxygen atoms in total. The number of hydrogen-bond acceptors (Lipinski definition) is 1. The minimum Gasteiger partial charge on any atom is -0.470 e. The largest absolute Gasteiger partial charge is 0.470 e. The Kier molecular flexibility index (Phi) is 9.54. The van der Waals surface area contributed by atoms with E-state index in [9.17, 15) is 13.2 Å². The molecule has 0 saturated heterocycles. The average Bonchev–Trinajstić information content (AvgIpc) is 1.88. The monoisotopic (exact) mass is 154 g/mol. The highest BCUT2D eigenvalue weighted by Gasteiger charge is 2.00. The van der Waals surface area contributed by atoms with Crippen LogP contribution < -0.4 is 0 Å². The van der Waals surface area contributed by atoms with Crippen LogP contribution in [-0.2, 0) is 4.74 Å². The van der Waals surface area contributed by atoms with Crippen molar-refractivity contribution in [1.29, 1.82) is 0 Å². The van der Waals surface area contributed by atoms with Crippen LogP contribution in [0.25, 0.3) is 0 Å². The molecule has 0 aliphatic carbocycles. The van der Waals surface area contributed by atoms with Crippen molar-refractivity contribution in [3.05, 3.63) is 24.7 Å². The molecular weight excluding hydrogens is 145 g/mol. The van der Waals surface area contributed by atoms with Gasteiger partial charge in [-0.15, -0.1) is 6.58 Å². The first kappa shape index (κ1) is 11.8. The van der Waals surface area contributed by atoms with Crippen molar-refractivity contribution in [1.82, 2.24) is 0 Å². The standard InChI is InChI=1S/C3H3F3O.C3H6/c1-7-3(6)2(4)5;1-3-2/h1H3;3H,1H2,2H3. The Labute approximate surface area is 57.8 Å². The lowest BCUT2D eigenvalue weighted by Gasteiger charge is -1.87. The van der Waals surface area contributed by atoms with Crippen LogP contribution in [0.2, 0.25) is 0 Å². The Morgan fingerprint density at radius 1 is 1.40 bits per heavy atom. The molecule has 0 rings (SSSR count). The summed E-state index contributed by atoms with van der Waals surface area (Å²) in [5.41, 5.74) is 0. The van der Waals surface area contributed by atoms with Crippen LogP contribution in [-0.4, -0.2) is 7.11 Å². The molecule has 0 aromatic rings. The molecule has 0 atom stereocenters. The molecule has 0 aliphatic heterocycles. The fraction of sp³-hybridized carbons (Fsp3) is 0.333. The van der Waals surface area contributed by atoms with E-state index < -0.39 is 12.1 Å². The normalized spacial score (nSPS) is 6.90. The van der Waals surface area contributed by atoms with Gasteiger partial charge in [-0.3, -0.25) is 0 Å². The lowest BCUT2D eigenvalue weighted by Crippen LogP contribution is -1.76. The SMILES string of the molecule is C=CC.COC(F)=C(F)F. The number of ether oxygens (including phenoxy) is 1. The van der Waals surface area contributed by atoms with Crippen molar-refractivity contribution >= 4 is 0 Å². The Bertz CT molecular complexity index is 116. The van der Waals surface area contributed by atoms with Gasteiger partial charge in [0.2, 0.25) is 0 Å². The molecular formula is C6H9F3O. The summed E-state index contributed by atoms with van der Waals surface area (Å²) in [7, 11) is 0.828. The quantitative estimate of drug-likeness (QED) is 0.416. The van der Waals surface area contributed by atoms with Crippen LogP contribution in [0.4, 0.5) is 13.2 Å². The minimum atomic E-state index is -2.43. The van der Waals surface area contributed by atoms with Crippen LogP contribution in [0.1, 0.15) is 6.92 Å². The second kappa shape index (κ2) is 8.07. The van der Waals surface area contributed by atoms with E-state index in [1.165, 1.54) is 0 Å². The minimum absolute atomic E-state index is 0.828. The number of hydrogen-bond donors (Lipinski definition) is 0. The molecule has 0 aliphatic rings. The van der Waals surface area contributed by atoms with Crippen molar-refractivity contribution in [2.75, 3.05) is 7.11 Å². The van der Waals surface area contributed by atoms with E-state index in [0.717, 1.165) is 7.11 Å². The highest BCUT2D eigenvalue weighted by molar-refractivity contribution is 4.79. The summed E-state index contributed by atoms with van der Waals surface area (Å²) in [6.07, 6.45) is -0.678. The van der Waals surface area contributed by atoms with E-state index in [1.54, 1.807) is 6.08 Å². The summed E-state index contributed by atoms with van der Waals surface area (Å²) in [5, 5.41) is 0. The predicted octanol–water partition coefficient (Wildman–Crippen LogP) is 2.86. The maximum Gasteiger partial charge on any atom is 0.342 e. The first-order valence-electron chi connectivity index (χ1n) is 2.41. The molecule has 0 radical (unpaired) electrons. The molecule has 0 aromatic carbocycles. The van der Waals surface area contributed by atoms with E-state index in [0.29, 0.717) is 0 Å². The van der Waals surface area contributed by atoms with E-state index in [4.69, 9.17) is 0 Å². The van der Waals surface area contributed by atoms with Gasteiger partial charge in [0.05, 0.1) is 7.11 Å². The van der Waals surface area contributed by atoms with Gasteiger partial charge in [0.25, 0.3) is 0 Å². The van der Waals surface area contributed by atoms with Gasteiger partial charge >= 0.3 is 12.1 Å². The molecule has 0 fully saturated rings. The van der Waals surface area contributed by atoms with Gasteiger partial charge in [0.1, 0.15) is 0 Å². The fourth-order valence-corrected chi connectivity index (χ4v) is 0.0772. The number of rotatable bonds is 1. The maximum absolute atomic E-state index is 11.2. The second-order valence-corrected chi connectivity index (χ2v) is 1.15. The van der Waals surface area contributed by atoms with Crippen LogP contribution in [0.5, 0.6) is 0 Å². The van der Waals surface area contributed by atoms with Crippen LogP contribution in [0.3, 0.4) is 0 Å². The molecule has 0 unspecified atom stereocenters. The zero-order chi connectivity index (χ0) is 8.57. The molecule has 0 heterocycles. The zero-order valence-electron chi connectivity index (χ0n) is 5.83. The van der Waals surface area contributed by atoms with Gasteiger partial charge < -0.3 is 4.74 Å². The Balaban J connectivity index is 0. The van der Waals surface area contributed by atoms with Crippen LogP contribution in [0.15, 0.2) is 24.7 Å². The molecule has 0 bridgehead atoms. The van der Waals surface area contributed by atoms with Gasteiger partial charge in [0, 0.05) is 0 Å². The van der Waals surface area contributed by atoms with Crippen molar-refractivity contribution < 1.29 is 17.9 Å². The smallest absolute Gasteiger partial charge is 0.342 e. The Hall–Kier alpha value is -0.930. The topological polar surface area (TPSA) is 9.23 Å². The predicted molar refractivity (Wildman–Crippen MR) is 33.2 cm³/mol. The van der Waals surface area contributed by atoms with Crippen LogP contribution in [0, 0.1) is 0 Å². The highest BCUT2D eigenvalue weighted by Crippen LogP contribution is 2.07. The molecule has 4 heteroatoms. The fourth-order valence-electron chi connectivity index (χ4n) is 0.0772. The number of allylic oxidation sites excluding steroid dienone is 1. The summed E-state index contributed by atoms with van der Waals surface area (Å²) in [6.45, 7) is 5.25. The van der Waals surface area contributed by atoms with Gasteiger partial charge in [-0.1, -0.05) is 6.08 Å². The van der Waals surface area contributed by atoms with Gasteiger partial charge in [-0.05, 0) is 6.92 Å². The average molecular weight is 154 g/mol. The third-order valence-corrected chi connectivity index (χ3v) is 0.328. The molecule has 0 aromatic heterocycles. The third-order valence-electron chi connectivity index (χ3n) is 0.328. The summed E-state index contributed by atoms with van der Waals surface area (Å²) in [5.74, 6) is 0. The molecule has 10 heavy (non-hydrogen) atoms. The summed E-state index contributed by atoms with van der Waals surface area (Å²) >= 11 is 0. The van der Waals surface area contributed by atoms with E-state index in [1.807, 2.05) is 6.92 Å².